The zero-order valence-electron chi connectivity index (χ0n) is 11.5. The van der Waals surface area contributed by atoms with Gasteiger partial charge in [-0.1, -0.05) is 0 Å². The van der Waals surface area contributed by atoms with Crippen molar-refractivity contribution in [2.75, 3.05) is 13.7 Å². The molecule has 1 aliphatic rings. The molecule has 0 spiro atoms. The molecule has 1 atom stereocenters. The minimum absolute atomic E-state index is 0.0815. The van der Waals surface area contributed by atoms with Gasteiger partial charge in [0.05, 0.1) is 7.11 Å². The summed E-state index contributed by atoms with van der Waals surface area (Å²) >= 11 is 0. The quantitative estimate of drug-likeness (QED) is 0.780. The van der Waals surface area contributed by atoms with E-state index in [1.807, 2.05) is 23.8 Å². The smallest absolute Gasteiger partial charge is 0.328 e. The summed E-state index contributed by atoms with van der Waals surface area (Å²) in [6.07, 6.45) is 4.46. The lowest BCUT2D eigenvalue weighted by Gasteiger charge is -2.33. The van der Waals surface area contributed by atoms with Crippen molar-refractivity contribution in [3.05, 3.63) is 24.0 Å². The van der Waals surface area contributed by atoms with E-state index >= 15 is 0 Å². The van der Waals surface area contributed by atoms with Crippen molar-refractivity contribution < 1.29 is 14.3 Å². The number of hydrogen-bond donors (Lipinski definition) is 0. The molecule has 2 heterocycles. The average molecular weight is 264 g/mol. The van der Waals surface area contributed by atoms with Crippen LogP contribution in [-0.4, -0.2) is 41.0 Å². The van der Waals surface area contributed by atoms with Crippen LogP contribution in [0.5, 0.6) is 0 Å². The summed E-state index contributed by atoms with van der Waals surface area (Å²) in [5, 5.41) is 0. The Balaban J connectivity index is 2.22. The Labute approximate surface area is 113 Å². The highest BCUT2D eigenvalue weighted by atomic mass is 16.5. The van der Waals surface area contributed by atoms with E-state index in [0.29, 0.717) is 18.7 Å². The molecule has 0 radical (unpaired) electrons. The van der Waals surface area contributed by atoms with Crippen molar-refractivity contribution in [3.8, 4) is 0 Å². The van der Waals surface area contributed by atoms with Gasteiger partial charge in [-0.3, -0.25) is 4.79 Å². The highest BCUT2D eigenvalue weighted by molar-refractivity contribution is 5.95. The number of likely N-dealkylation sites (tertiary alicyclic amines) is 1. The maximum atomic E-state index is 12.6. The molecule has 1 aromatic heterocycles. The zero-order chi connectivity index (χ0) is 13.8. The summed E-state index contributed by atoms with van der Waals surface area (Å²) < 4.78 is 6.70. The Bertz CT molecular complexity index is 467. The average Bonchev–Trinajstić information content (AvgIpc) is 2.94. The van der Waals surface area contributed by atoms with Crippen LogP contribution in [0.3, 0.4) is 0 Å². The van der Waals surface area contributed by atoms with Gasteiger partial charge in [0.2, 0.25) is 0 Å². The summed E-state index contributed by atoms with van der Waals surface area (Å²) in [5.41, 5.74) is 0.637. The van der Waals surface area contributed by atoms with Crippen LogP contribution in [0.2, 0.25) is 0 Å². The molecule has 1 amide bonds. The fourth-order valence-electron chi connectivity index (χ4n) is 2.59. The third-order valence-corrected chi connectivity index (χ3v) is 3.63. The molecule has 2 rings (SSSR count). The number of hydrogen-bond acceptors (Lipinski definition) is 3. The van der Waals surface area contributed by atoms with Crippen LogP contribution >= 0.6 is 0 Å². The summed E-state index contributed by atoms with van der Waals surface area (Å²) in [4.78, 5) is 26.0. The van der Waals surface area contributed by atoms with Crippen molar-refractivity contribution in [3.63, 3.8) is 0 Å². The predicted octanol–water partition coefficient (Wildman–Crippen LogP) is 1.68. The standard InChI is InChI=1S/C14H20N2O3/c1-3-15-9-6-8-11(15)13(17)16-10-5-4-7-12(16)14(18)19-2/h6,8-9,12H,3-5,7,10H2,1-2H3/t12-/m1/s1. The van der Waals surface area contributed by atoms with Crippen molar-refractivity contribution >= 4 is 11.9 Å². The van der Waals surface area contributed by atoms with E-state index in [1.54, 1.807) is 11.0 Å². The van der Waals surface area contributed by atoms with Crippen LogP contribution in [0.25, 0.3) is 0 Å². The summed E-state index contributed by atoms with van der Waals surface area (Å²) in [6.45, 7) is 3.35. The third-order valence-electron chi connectivity index (χ3n) is 3.63. The Morgan fingerprint density at radius 2 is 2.21 bits per heavy atom. The third kappa shape index (κ3) is 2.64. The van der Waals surface area contributed by atoms with Gasteiger partial charge in [0.15, 0.2) is 0 Å². The van der Waals surface area contributed by atoms with Crippen LogP contribution in [-0.2, 0) is 16.1 Å². The van der Waals surface area contributed by atoms with E-state index in [1.165, 1.54) is 7.11 Å². The topological polar surface area (TPSA) is 51.5 Å². The Morgan fingerprint density at radius 3 is 2.89 bits per heavy atom. The number of rotatable bonds is 3. The molecule has 1 saturated heterocycles. The molecular weight excluding hydrogens is 244 g/mol. The minimum atomic E-state index is -0.438. The van der Waals surface area contributed by atoms with Crippen molar-refractivity contribution in [2.45, 2.75) is 38.8 Å². The van der Waals surface area contributed by atoms with Gasteiger partial charge >= 0.3 is 5.97 Å². The maximum Gasteiger partial charge on any atom is 0.328 e. The van der Waals surface area contributed by atoms with E-state index in [2.05, 4.69) is 0 Å². The molecule has 0 N–H and O–H groups in total. The number of ether oxygens (including phenoxy) is 1. The highest BCUT2D eigenvalue weighted by Crippen LogP contribution is 2.21. The van der Waals surface area contributed by atoms with Crippen LogP contribution < -0.4 is 0 Å². The van der Waals surface area contributed by atoms with Gasteiger partial charge in [-0.25, -0.2) is 4.79 Å². The van der Waals surface area contributed by atoms with Gasteiger partial charge in [-0.2, -0.15) is 0 Å². The first kappa shape index (κ1) is 13.6. The summed E-state index contributed by atoms with van der Waals surface area (Å²) in [6, 6.07) is 3.22. The normalized spacial score (nSPS) is 19.3. The first-order chi connectivity index (χ1) is 9.19. The molecule has 19 heavy (non-hydrogen) atoms. The maximum absolute atomic E-state index is 12.6. The van der Waals surface area contributed by atoms with Crippen LogP contribution in [0, 0.1) is 0 Å². The van der Waals surface area contributed by atoms with Crippen molar-refractivity contribution in [2.24, 2.45) is 0 Å². The zero-order valence-corrected chi connectivity index (χ0v) is 11.5. The van der Waals surface area contributed by atoms with E-state index in [9.17, 15) is 9.59 Å². The molecule has 1 aromatic rings. The van der Waals surface area contributed by atoms with Crippen LogP contribution in [0.15, 0.2) is 18.3 Å². The Morgan fingerprint density at radius 1 is 1.42 bits per heavy atom. The number of piperidine rings is 1. The molecule has 0 unspecified atom stereocenters. The van der Waals surface area contributed by atoms with Gasteiger partial charge in [-0.05, 0) is 38.3 Å². The van der Waals surface area contributed by atoms with E-state index in [0.717, 1.165) is 19.4 Å². The molecule has 1 aliphatic heterocycles. The molecule has 0 aliphatic carbocycles. The van der Waals surface area contributed by atoms with Gasteiger partial charge in [0, 0.05) is 19.3 Å². The molecule has 0 aromatic carbocycles. The number of amides is 1. The van der Waals surface area contributed by atoms with Gasteiger partial charge in [-0.15, -0.1) is 0 Å². The second-order valence-corrected chi connectivity index (χ2v) is 4.71. The molecular formula is C14H20N2O3. The summed E-state index contributed by atoms with van der Waals surface area (Å²) in [5.74, 6) is -0.399. The number of nitrogens with zero attached hydrogens (tertiary/aromatic N) is 2. The largest absolute Gasteiger partial charge is 0.467 e. The number of aromatic nitrogens is 1. The monoisotopic (exact) mass is 264 g/mol. The fourth-order valence-corrected chi connectivity index (χ4v) is 2.59. The fraction of sp³-hybridized carbons (Fsp3) is 0.571. The number of methoxy groups -OCH3 is 1. The van der Waals surface area contributed by atoms with Gasteiger partial charge in [0.25, 0.3) is 5.91 Å². The number of carbonyl (C=O) groups is 2. The van der Waals surface area contributed by atoms with E-state index in [-0.39, 0.29) is 11.9 Å². The second-order valence-electron chi connectivity index (χ2n) is 4.71. The van der Waals surface area contributed by atoms with Crippen LogP contribution in [0.4, 0.5) is 0 Å². The first-order valence-electron chi connectivity index (χ1n) is 6.73. The van der Waals surface area contributed by atoms with Gasteiger partial charge < -0.3 is 14.2 Å². The molecule has 0 saturated carbocycles. The minimum Gasteiger partial charge on any atom is -0.467 e. The van der Waals surface area contributed by atoms with Gasteiger partial charge in [0.1, 0.15) is 11.7 Å². The molecule has 5 heteroatoms. The molecule has 5 nitrogen and oxygen atoms in total. The molecule has 104 valence electrons. The van der Waals surface area contributed by atoms with E-state index in [4.69, 9.17) is 4.74 Å². The lowest BCUT2D eigenvalue weighted by molar-refractivity contribution is -0.147. The first-order valence-corrected chi connectivity index (χ1v) is 6.73. The predicted molar refractivity (Wildman–Crippen MR) is 70.8 cm³/mol. The van der Waals surface area contributed by atoms with Crippen molar-refractivity contribution in [1.82, 2.24) is 9.47 Å². The van der Waals surface area contributed by atoms with Crippen LogP contribution in [0.1, 0.15) is 36.7 Å². The molecule has 0 bridgehead atoms. The number of carbonyl (C=O) groups excluding carboxylic acids is 2. The lowest BCUT2D eigenvalue weighted by Crippen LogP contribution is -2.48. The summed E-state index contributed by atoms with van der Waals surface area (Å²) in [7, 11) is 1.37. The Hall–Kier alpha value is -1.78. The Kier molecular flexibility index (Phi) is 4.24. The number of esters is 1. The van der Waals surface area contributed by atoms with E-state index < -0.39 is 6.04 Å². The second kappa shape index (κ2) is 5.91. The lowest BCUT2D eigenvalue weighted by atomic mass is 10.0. The highest BCUT2D eigenvalue weighted by Gasteiger charge is 2.34. The molecule has 1 fully saturated rings. The van der Waals surface area contributed by atoms with Crippen molar-refractivity contribution in [1.29, 1.82) is 0 Å². The SMILES string of the molecule is CCn1cccc1C(=O)N1CCCC[C@@H]1C(=O)OC. The number of aryl methyl sites for hydroxylation is 1.